The second-order valence-corrected chi connectivity index (χ2v) is 6.44. The van der Waals surface area contributed by atoms with Gasteiger partial charge in [-0.2, -0.15) is 0 Å². The zero-order chi connectivity index (χ0) is 12.5. The van der Waals surface area contributed by atoms with Gasteiger partial charge in [-0.25, -0.2) is 0 Å². The van der Waals surface area contributed by atoms with E-state index in [9.17, 15) is 0 Å². The summed E-state index contributed by atoms with van der Waals surface area (Å²) >= 11 is 0. The highest BCUT2D eigenvalue weighted by Crippen LogP contribution is 2.41. The van der Waals surface area contributed by atoms with Crippen molar-refractivity contribution in [2.75, 3.05) is 0 Å². The van der Waals surface area contributed by atoms with Gasteiger partial charge in [0.1, 0.15) is 0 Å². The van der Waals surface area contributed by atoms with Crippen molar-refractivity contribution in [1.29, 1.82) is 0 Å². The van der Waals surface area contributed by atoms with E-state index < -0.39 is 0 Å². The Balaban J connectivity index is 1.99. The molecular formula is C16H25N. The molecule has 1 saturated carbocycles. The Bertz CT molecular complexity index is 371. The maximum atomic E-state index is 3.66. The second kappa shape index (κ2) is 4.81. The Morgan fingerprint density at radius 1 is 1.24 bits per heavy atom. The van der Waals surface area contributed by atoms with Gasteiger partial charge in [0, 0.05) is 12.6 Å². The number of benzene rings is 1. The summed E-state index contributed by atoms with van der Waals surface area (Å²) in [6.07, 6.45) is 2.76. The SMILES string of the molecule is CC(NCc1ccccc1C1CC1)C(C)(C)C. The molecule has 1 N–H and O–H groups in total. The molecule has 1 unspecified atom stereocenters. The van der Waals surface area contributed by atoms with Crippen LogP contribution in [0, 0.1) is 5.41 Å². The molecule has 0 aromatic heterocycles. The normalized spacial score (nSPS) is 18.1. The van der Waals surface area contributed by atoms with Crippen LogP contribution in [0.3, 0.4) is 0 Å². The van der Waals surface area contributed by atoms with Crippen molar-refractivity contribution in [3.05, 3.63) is 35.4 Å². The fourth-order valence-corrected chi connectivity index (χ4v) is 2.06. The Morgan fingerprint density at radius 3 is 2.47 bits per heavy atom. The van der Waals surface area contributed by atoms with Crippen molar-refractivity contribution < 1.29 is 0 Å². The van der Waals surface area contributed by atoms with E-state index in [-0.39, 0.29) is 0 Å². The van der Waals surface area contributed by atoms with E-state index in [1.54, 1.807) is 5.56 Å². The second-order valence-electron chi connectivity index (χ2n) is 6.44. The van der Waals surface area contributed by atoms with E-state index in [4.69, 9.17) is 0 Å². The van der Waals surface area contributed by atoms with Gasteiger partial charge in [0.15, 0.2) is 0 Å². The summed E-state index contributed by atoms with van der Waals surface area (Å²) in [5, 5.41) is 3.66. The van der Waals surface area contributed by atoms with Crippen LogP contribution in [-0.2, 0) is 6.54 Å². The van der Waals surface area contributed by atoms with Crippen LogP contribution in [0.25, 0.3) is 0 Å². The van der Waals surface area contributed by atoms with E-state index in [0.29, 0.717) is 11.5 Å². The van der Waals surface area contributed by atoms with Crippen LogP contribution in [0.5, 0.6) is 0 Å². The molecule has 1 nitrogen and oxygen atoms in total. The van der Waals surface area contributed by atoms with Crippen LogP contribution in [-0.4, -0.2) is 6.04 Å². The maximum absolute atomic E-state index is 3.66. The average Bonchev–Trinajstić information content (AvgIpc) is 3.08. The molecule has 0 amide bonds. The summed E-state index contributed by atoms with van der Waals surface area (Å²) in [6, 6.07) is 9.44. The van der Waals surface area contributed by atoms with E-state index in [1.807, 2.05) is 0 Å². The molecule has 1 aliphatic carbocycles. The lowest BCUT2D eigenvalue weighted by Gasteiger charge is -2.28. The van der Waals surface area contributed by atoms with Crippen LogP contribution in [0.15, 0.2) is 24.3 Å². The molecule has 1 fully saturated rings. The minimum Gasteiger partial charge on any atom is -0.310 e. The van der Waals surface area contributed by atoms with Gasteiger partial charge >= 0.3 is 0 Å². The van der Waals surface area contributed by atoms with Crippen LogP contribution >= 0.6 is 0 Å². The molecule has 0 saturated heterocycles. The summed E-state index contributed by atoms with van der Waals surface area (Å²) in [5.41, 5.74) is 3.39. The molecule has 0 bridgehead atoms. The lowest BCUT2D eigenvalue weighted by Crippen LogP contribution is -2.37. The number of rotatable bonds is 4. The van der Waals surface area contributed by atoms with Crippen molar-refractivity contribution in [3.8, 4) is 0 Å². The van der Waals surface area contributed by atoms with Crippen molar-refractivity contribution in [2.45, 2.75) is 59.0 Å². The van der Waals surface area contributed by atoms with Crippen molar-refractivity contribution in [3.63, 3.8) is 0 Å². The van der Waals surface area contributed by atoms with Gasteiger partial charge in [0.2, 0.25) is 0 Å². The van der Waals surface area contributed by atoms with Gasteiger partial charge in [0.25, 0.3) is 0 Å². The van der Waals surface area contributed by atoms with Gasteiger partial charge in [-0.15, -0.1) is 0 Å². The summed E-state index contributed by atoms with van der Waals surface area (Å²) in [6.45, 7) is 10.2. The number of nitrogens with one attached hydrogen (secondary N) is 1. The maximum Gasteiger partial charge on any atom is 0.0211 e. The Hall–Kier alpha value is -0.820. The minimum atomic E-state index is 0.328. The standard InChI is InChI=1S/C16H25N/c1-12(16(2,3)4)17-11-14-7-5-6-8-15(14)13-9-10-13/h5-8,12-13,17H,9-11H2,1-4H3. The summed E-state index contributed by atoms with van der Waals surface area (Å²) < 4.78 is 0. The third-order valence-electron chi connectivity index (χ3n) is 3.97. The number of hydrogen-bond donors (Lipinski definition) is 1. The third-order valence-corrected chi connectivity index (χ3v) is 3.97. The van der Waals surface area contributed by atoms with E-state index in [0.717, 1.165) is 12.5 Å². The average molecular weight is 231 g/mol. The first kappa shape index (κ1) is 12.6. The largest absolute Gasteiger partial charge is 0.310 e. The predicted molar refractivity (Wildman–Crippen MR) is 74.2 cm³/mol. The van der Waals surface area contributed by atoms with Crippen molar-refractivity contribution in [2.24, 2.45) is 5.41 Å². The molecule has 0 radical (unpaired) electrons. The van der Waals surface area contributed by atoms with Gasteiger partial charge in [-0.1, -0.05) is 45.0 Å². The van der Waals surface area contributed by atoms with Crippen molar-refractivity contribution in [1.82, 2.24) is 5.32 Å². The van der Waals surface area contributed by atoms with Crippen LogP contribution in [0.4, 0.5) is 0 Å². The molecule has 1 aromatic rings. The van der Waals surface area contributed by atoms with Crippen LogP contribution in [0.2, 0.25) is 0 Å². The van der Waals surface area contributed by atoms with Gasteiger partial charge in [0.05, 0.1) is 0 Å². The molecule has 2 rings (SSSR count). The van der Waals surface area contributed by atoms with Gasteiger partial charge in [-0.3, -0.25) is 0 Å². The fourth-order valence-electron chi connectivity index (χ4n) is 2.06. The molecule has 0 aliphatic heterocycles. The molecule has 1 heteroatoms. The smallest absolute Gasteiger partial charge is 0.0211 e. The Kier molecular flexibility index (Phi) is 3.58. The minimum absolute atomic E-state index is 0.328. The number of hydrogen-bond acceptors (Lipinski definition) is 1. The Morgan fingerprint density at radius 2 is 1.88 bits per heavy atom. The highest BCUT2D eigenvalue weighted by atomic mass is 14.9. The monoisotopic (exact) mass is 231 g/mol. The van der Waals surface area contributed by atoms with E-state index >= 15 is 0 Å². The summed E-state index contributed by atoms with van der Waals surface area (Å²) in [7, 11) is 0. The third kappa shape index (κ3) is 3.32. The topological polar surface area (TPSA) is 12.0 Å². The molecule has 0 heterocycles. The van der Waals surface area contributed by atoms with Crippen molar-refractivity contribution >= 4 is 0 Å². The lowest BCUT2D eigenvalue weighted by atomic mass is 9.88. The van der Waals surface area contributed by atoms with E-state index in [2.05, 4.69) is 57.3 Å². The van der Waals surface area contributed by atoms with Gasteiger partial charge < -0.3 is 5.32 Å². The summed E-state index contributed by atoms with van der Waals surface area (Å²) in [5.74, 6) is 0.845. The molecule has 94 valence electrons. The first-order valence-corrected chi connectivity index (χ1v) is 6.79. The first-order valence-electron chi connectivity index (χ1n) is 6.79. The lowest BCUT2D eigenvalue weighted by molar-refractivity contribution is 0.285. The molecule has 1 aliphatic rings. The molecule has 1 aromatic carbocycles. The Labute approximate surface area is 106 Å². The molecular weight excluding hydrogens is 206 g/mol. The molecule has 1 atom stereocenters. The highest BCUT2D eigenvalue weighted by molar-refractivity contribution is 5.33. The molecule has 0 spiro atoms. The van der Waals surface area contributed by atoms with E-state index in [1.165, 1.54) is 18.4 Å². The predicted octanol–water partition coefficient (Wildman–Crippen LogP) is 4.09. The quantitative estimate of drug-likeness (QED) is 0.823. The fraction of sp³-hybridized carbons (Fsp3) is 0.625. The summed E-state index contributed by atoms with van der Waals surface area (Å²) in [4.78, 5) is 0. The van der Waals surface area contributed by atoms with Crippen LogP contribution in [0.1, 0.15) is 57.6 Å². The molecule has 17 heavy (non-hydrogen) atoms. The zero-order valence-corrected chi connectivity index (χ0v) is 11.6. The van der Waals surface area contributed by atoms with Gasteiger partial charge in [-0.05, 0) is 42.2 Å². The van der Waals surface area contributed by atoms with Crippen LogP contribution < -0.4 is 5.32 Å². The first-order chi connectivity index (χ1) is 7.98. The highest BCUT2D eigenvalue weighted by Gasteiger charge is 2.26. The zero-order valence-electron chi connectivity index (χ0n) is 11.6.